The van der Waals surface area contributed by atoms with Crippen LogP contribution in [0, 0.1) is 0 Å². The van der Waals surface area contributed by atoms with Crippen molar-refractivity contribution in [2.24, 2.45) is 0 Å². The summed E-state index contributed by atoms with van der Waals surface area (Å²) in [7, 11) is 0. The zero-order chi connectivity index (χ0) is 15.4. The average molecular weight is 291 g/mol. The van der Waals surface area contributed by atoms with E-state index in [2.05, 4.69) is 0 Å². The van der Waals surface area contributed by atoms with Gasteiger partial charge in [-0.25, -0.2) is 4.79 Å². The Hall–Kier alpha value is -2.04. The van der Waals surface area contributed by atoms with E-state index >= 15 is 0 Å². The van der Waals surface area contributed by atoms with Crippen molar-refractivity contribution in [1.82, 2.24) is 4.90 Å². The third-order valence-electron chi connectivity index (χ3n) is 3.83. The third kappa shape index (κ3) is 3.35. The van der Waals surface area contributed by atoms with Crippen LogP contribution in [0.2, 0.25) is 0 Å². The van der Waals surface area contributed by atoms with Gasteiger partial charge in [-0.1, -0.05) is 25.1 Å². The lowest BCUT2D eigenvalue weighted by Crippen LogP contribution is -2.46. The Balaban J connectivity index is 2.07. The zero-order valence-electron chi connectivity index (χ0n) is 12.4. The Morgan fingerprint density at radius 3 is 2.81 bits per heavy atom. The van der Waals surface area contributed by atoms with Crippen LogP contribution in [-0.4, -0.2) is 40.6 Å². The minimum Gasteiger partial charge on any atom is -0.481 e. The van der Waals surface area contributed by atoms with Gasteiger partial charge in [0, 0.05) is 6.54 Å². The lowest BCUT2D eigenvalue weighted by molar-refractivity contribution is -0.150. The van der Waals surface area contributed by atoms with Crippen LogP contribution < -0.4 is 4.74 Å². The molecule has 2 unspecified atom stereocenters. The number of carboxylic acids is 1. The van der Waals surface area contributed by atoms with E-state index in [9.17, 15) is 9.59 Å². The maximum Gasteiger partial charge on any atom is 0.326 e. The van der Waals surface area contributed by atoms with Crippen molar-refractivity contribution >= 4 is 11.9 Å². The quantitative estimate of drug-likeness (QED) is 0.902. The van der Waals surface area contributed by atoms with E-state index in [1.165, 1.54) is 4.90 Å². The first kappa shape index (κ1) is 15.4. The summed E-state index contributed by atoms with van der Waals surface area (Å²) in [4.78, 5) is 25.0. The molecule has 1 amide bonds. The van der Waals surface area contributed by atoms with Crippen LogP contribution in [0.3, 0.4) is 0 Å². The molecule has 0 saturated carbocycles. The fourth-order valence-electron chi connectivity index (χ4n) is 2.67. The summed E-state index contributed by atoms with van der Waals surface area (Å²) in [6.07, 6.45) is 1.37. The van der Waals surface area contributed by atoms with Crippen LogP contribution in [0.15, 0.2) is 24.3 Å². The van der Waals surface area contributed by atoms with Crippen LogP contribution >= 0.6 is 0 Å². The normalized spacial score (nSPS) is 19.3. The summed E-state index contributed by atoms with van der Waals surface area (Å²) in [6, 6.07) is 6.87. The average Bonchev–Trinajstić information content (AvgIpc) is 2.96. The molecule has 0 aliphatic carbocycles. The molecular weight excluding hydrogens is 270 g/mol. The molecule has 1 N–H and O–H groups in total. The molecule has 1 heterocycles. The molecule has 1 saturated heterocycles. The number of hydrogen-bond acceptors (Lipinski definition) is 3. The number of aliphatic carboxylic acids is 1. The second-order valence-electron chi connectivity index (χ2n) is 5.25. The number of hydrogen-bond donors (Lipinski definition) is 1. The molecule has 1 aromatic rings. The van der Waals surface area contributed by atoms with Crippen molar-refractivity contribution in [3.05, 3.63) is 29.8 Å². The van der Waals surface area contributed by atoms with Gasteiger partial charge in [0.15, 0.2) is 6.10 Å². The number of carboxylic acid groups (broad SMARTS) is 1. The van der Waals surface area contributed by atoms with Gasteiger partial charge in [0.2, 0.25) is 0 Å². The Morgan fingerprint density at radius 2 is 2.14 bits per heavy atom. The zero-order valence-corrected chi connectivity index (χ0v) is 12.4. The number of carbonyl (C=O) groups excluding carboxylic acids is 1. The Morgan fingerprint density at radius 1 is 1.43 bits per heavy atom. The summed E-state index contributed by atoms with van der Waals surface area (Å²) in [5.74, 6) is -0.514. The summed E-state index contributed by atoms with van der Waals surface area (Å²) in [6.45, 7) is 4.18. The van der Waals surface area contributed by atoms with Gasteiger partial charge in [0.25, 0.3) is 5.91 Å². The van der Waals surface area contributed by atoms with Crippen LogP contribution in [0.4, 0.5) is 0 Å². The van der Waals surface area contributed by atoms with Crippen LogP contribution in [0.5, 0.6) is 5.75 Å². The largest absolute Gasteiger partial charge is 0.481 e. The lowest BCUT2D eigenvalue weighted by atomic mass is 10.1. The van der Waals surface area contributed by atoms with Crippen molar-refractivity contribution in [2.45, 2.75) is 45.3 Å². The number of rotatable bonds is 5. The number of amides is 1. The first-order valence-corrected chi connectivity index (χ1v) is 7.32. The Bertz CT molecular complexity index is 529. The predicted molar refractivity (Wildman–Crippen MR) is 78.3 cm³/mol. The highest BCUT2D eigenvalue weighted by atomic mass is 16.5. The SMILES string of the molecule is CCc1ccccc1OC(C)C(=O)N1CCCC1C(=O)O. The number of para-hydroxylation sites is 1. The Kier molecular flexibility index (Phi) is 4.83. The van der Waals surface area contributed by atoms with Crippen LogP contribution in [-0.2, 0) is 16.0 Å². The molecule has 0 aromatic heterocycles. The fourth-order valence-corrected chi connectivity index (χ4v) is 2.67. The molecule has 1 fully saturated rings. The smallest absolute Gasteiger partial charge is 0.326 e. The molecule has 1 aliphatic rings. The van der Waals surface area contributed by atoms with Crippen LogP contribution in [0.25, 0.3) is 0 Å². The first-order valence-electron chi connectivity index (χ1n) is 7.32. The van der Waals surface area contributed by atoms with E-state index in [1.54, 1.807) is 6.92 Å². The number of benzene rings is 1. The molecule has 1 aromatic carbocycles. The topological polar surface area (TPSA) is 66.8 Å². The van der Waals surface area contributed by atoms with Gasteiger partial charge in [0.1, 0.15) is 11.8 Å². The summed E-state index contributed by atoms with van der Waals surface area (Å²) >= 11 is 0. The summed E-state index contributed by atoms with van der Waals surface area (Å²) in [5, 5.41) is 9.15. The van der Waals surface area contributed by atoms with E-state index in [1.807, 2.05) is 31.2 Å². The predicted octanol–water partition coefficient (Wildman–Crippen LogP) is 2.09. The van der Waals surface area contributed by atoms with Crippen molar-refractivity contribution < 1.29 is 19.4 Å². The standard InChI is InChI=1S/C16H21NO4/c1-3-12-7-4-5-9-14(12)21-11(2)15(18)17-10-6-8-13(17)16(19)20/h4-5,7,9,11,13H,3,6,8,10H2,1-2H3,(H,19,20). The molecule has 2 atom stereocenters. The second-order valence-corrected chi connectivity index (χ2v) is 5.25. The molecule has 1 aliphatic heterocycles. The molecule has 21 heavy (non-hydrogen) atoms. The molecule has 0 spiro atoms. The van der Waals surface area contributed by atoms with Gasteiger partial charge < -0.3 is 14.7 Å². The number of likely N-dealkylation sites (tertiary alicyclic amines) is 1. The van der Waals surface area contributed by atoms with E-state index < -0.39 is 18.1 Å². The number of aryl methyl sites for hydroxylation is 1. The highest BCUT2D eigenvalue weighted by Crippen LogP contribution is 2.23. The van der Waals surface area contributed by atoms with Gasteiger partial charge in [-0.3, -0.25) is 4.79 Å². The maximum absolute atomic E-state index is 12.4. The van der Waals surface area contributed by atoms with Gasteiger partial charge in [0.05, 0.1) is 0 Å². The summed E-state index contributed by atoms with van der Waals surface area (Å²) in [5.41, 5.74) is 1.04. The molecule has 0 bridgehead atoms. The molecule has 5 heteroatoms. The van der Waals surface area contributed by atoms with Gasteiger partial charge in [-0.15, -0.1) is 0 Å². The second kappa shape index (κ2) is 6.61. The van der Waals surface area contributed by atoms with E-state index in [4.69, 9.17) is 9.84 Å². The molecule has 114 valence electrons. The number of ether oxygens (including phenoxy) is 1. The Labute approximate surface area is 124 Å². The van der Waals surface area contributed by atoms with E-state index in [0.29, 0.717) is 18.7 Å². The lowest BCUT2D eigenvalue weighted by Gasteiger charge is -2.25. The molecule has 0 radical (unpaired) electrons. The minimum absolute atomic E-state index is 0.259. The number of nitrogens with zero attached hydrogens (tertiary/aromatic N) is 1. The highest BCUT2D eigenvalue weighted by Gasteiger charge is 2.36. The first-order chi connectivity index (χ1) is 10.0. The summed E-state index contributed by atoms with van der Waals surface area (Å²) < 4.78 is 5.75. The van der Waals surface area contributed by atoms with Crippen molar-refractivity contribution in [2.75, 3.05) is 6.54 Å². The van der Waals surface area contributed by atoms with Crippen molar-refractivity contribution in [3.8, 4) is 5.75 Å². The van der Waals surface area contributed by atoms with E-state index in [0.717, 1.165) is 18.4 Å². The monoisotopic (exact) mass is 291 g/mol. The maximum atomic E-state index is 12.4. The molecule has 2 rings (SSSR count). The van der Waals surface area contributed by atoms with Crippen molar-refractivity contribution in [3.63, 3.8) is 0 Å². The van der Waals surface area contributed by atoms with Crippen LogP contribution in [0.1, 0.15) is 32.3 Å². The molecular formula is C16H21NO4. The highest BCUT2D eigenvalue weighted by molar-refractivity contribution is 5.87. The van der Waals surface area contributed by atoms with Gasteiger partial charge >= 0.3 is 5.97 Å². The molecule has 5 nitrogen and oxygen atoms in total. The fraction of sp³-hybridized carbons (Fsp3) is 0.500. The van der Waals surface area contributed by atoms with Crippen molar-refractivity contribution in [1.29, 1.82) is 0 Å². The minimum atomic E-state index is -0.943. The third-order valence-corrected chi connectivity index (χ3v) is 3.83. The van der Waals surface area contributed by atoms with Gasteiger partial charge in [-0.2, -0.15) is 0 Å². The number of carbonyl (C=O) groups is 2. The van der Waals surface area contributed by atoms with Gasteiger partial charge in [-0.05, 0) is 37.8 Å². The van der Waals surface area contributed by atoms with E-state index in [-0.39, 0.29) is 5.91 Å².